The van der Waals surface area contributed by atoms with E-state index in [2.05, 4.69) is 27.5 Å². The molecule has 0 spiro atoms. The minimum atomic E-state index is -0.906. The molecule has 2 atom stereocenters. The molecule has 0 heterocycles. The molecule has 0 bridgehead atoms. The van der Waals surface area contributed by atoms with Crippen LogP contribution in [0.15, 0.2) is 22.7 Å². The van der Waals surface area contributed by atoms with Crippen molar-refractivity contribution in [2.45, 2.75) is 30.6 Å². The fourth-order valence-electron chi connectivity index (χ4n) is 2.37. The lowest BCUT2D eigenvalue weighted by molar-refractivity contribution is 0.0696. The summed E-state index contributed by atoms with van der Waals surface area (Å²) in [6.07, 6.45) is 5.85. The maximum absolute atomic E-state index is 10.9. The molecule has 3 nitrogen and oxygen atoms in total. The van der Waals surface area contributed by atoms with Gasteiger partial charge in [-0.05, 0) is 53.2 Å². The second-order valence-corrected chi connectivity index (χ2v) is 6.39. The first-order chi connectivity index (χ1) is 8.61. The van der Waals surface area contributed by atoms with Gasteiger partial charge in [-0.15, -0.1) is 0 Å². The minimum Gasteiger partial charge on any atom is -0.478 e. The van der Waals surface area contributed by atoms with Gasteiger partial charge in [-0.2, -0.15) is 11.8 Å². The Kier molecular flexibility index (Phi) is 4.56. The number of hydrogen-bond acceptors (Lipinski definition) is 3. The molecule has 0 aromatic heterocycles. The summed E-state index contributed by atoms with van der Waals surface area (Å²) in [5.74, 6) is -0.906. The molecule has 1 aliphatic rings. The number of thioether (sulfide) groups is 1. The van der Waals surface area contributed by atoms with Crippen molar-refractivity contribution in [2.24, 2.45) is 0 Å². The SMILES string of the molecule is CSC1CCCC1Nc1ccc(C(=O)O)c(Br)c1. The van der Waals surface area contributed by atoms with Crippen molar-refractivity contribution in [2.75, 3.05) is 11.6 Å². The third-order valence-corrected chi connectivity index (χ3v) is 5.13. The second kappa shape index (κ2) is 5.97. The highest BCUT2D eigenvalue weighted by Crippen LogP contribution is 2.31. The molecule has 1 aliphatic carbocycles. The van der Waals surface area contributed by atoms with Crippen LogP contribution in [0.25, 0.3) is 0 Å². The van der Waals surface area contributed by atoms with Crippen LogP contribution in [0.2, 0.25) is 0 Å². The third-order valence-electron chi connectivity index (χ3n) is 3.31. The highest BCUT2D eigenvalue weighted by Gasteiger charge is 2.26. The van der Waals surface area contributed by atoms with Crippen LogP contribution in [-0.2, 0) is 0 Å². The van der Waals surface area contributed by atoms with Crippen molar-refractivity contribution in [1.82, 2.24) is 0 Å². The molecule has 1 saturated carbocycles. The standard InChI is InChI=1S/C13H16BrNO2S/c1-18-12-4-2-3-11(12)15-8-5-6-9(13(16)17)10(14)7-8/h5-7,11-12,15H,2-4H2,1H3,(H,16,17). The van der Waals surface area contributed by atoms with Crippen molar-refractivity contribution < 1.29 is 9.90 Å². The van der Waals surface area contributed by atoms with Crippen LogP contribution in [0, 0.1) is 0 Å². The van der Waals surface area contributed by atoms with Crippen molar-refractivity contribution >= 4 is 39.3 Å². The average Bonchev–Trinajstić information content (AvgIpc) is 2.76. The molecule has 5 heteroatoms. The zero-order valence-electron chi connectivity index (χ0n) is 10.1. The number of aromatic carboxylic acids is 1. The molecule has 0 amide bonds. The average molecular weight is 330 g/mol. The number of carbonyl (C=O) groups is 1. The summed E-state index contributed by atoms with van der Waals surface area (Å²) >= 11 is 5.21. The topological polar surface area (TPSA) is 49.3 Å². The van der Waals surface area contributed by atoms with E-state index in [0.717, 1.165) is 5.69 Å². The Morgan fingerprint density at radius 2 is 2.28 bits per heavy atom. The monoisotopic (exact) mass is 329 g/mol. The van der Waals surface area contributed by atoms with Crippen LogP contribution < -0.4 is 5.32 Å². The Morgan fingerprint density at radius 3 is 2.89 bits per heavy atom. The Balaban J connectivity index is 2.10. The predicted octanol–water partition coefficient (Wildman–Crippen LogP) is 3.84. The lowest BCUT2D eigenvalue weighted by atomic mass is 10.2. The first-order valence-electron chi connectivity index (χ1n) is 5.94. The summed E-state index contributed by atoms with van der Waals surface area (Å²) in [5, 5.41) is 13.1. The van der Waals surface area contributed by atoms with Crippen molar-refractivity contribution in [3.05, 3.63) is 28.2 Å². The first-order valence-corrected chi connectivity index (χ1v) is 8.02. The van der Waals surface area contributed by atoms with E-state index in [4.69, 9.17) is 5.11 Å². The van der Waals surface area contributed by atoms with E-state index in [1.54, 1.807) is 6.07 Å². The molecule has 1 aromatic carbocycles. The molecule has 2 N–H and O–H groups in total. The molecule has 2 unspecified atom stereocenters. The van der Waals surface area contributed by atoms with Gasteiger partial charge in [-0.3, -0.25) is 0 Å². The third kappa shape index (κ3) is 3.01. The second-order valence-electron chi connectivity index (χ2n) is 4.46. The highest BCUT2D eigenvalue weighted by atomic mass is 79.9. The summed E-state index contributed by atoms with van der Waals surface area (Å²) in [5.41, 5.74) is 1.28. The molecular weight excluding hydrogens is 314 g/mol. The van der Waals surface area contributed by atoms with Gasteiger partial charge in [0.2, 0.25) is 0 Å². The zero-order valence-corrected chi connectivity index (χ0v) is 12.6. The number of halogens is 1. The van der Waals surface area contributed by atoms with E-state index in [1.807, 2.05) is 23.9 Å². The van der Waals surface area contributed by atoms with E-state index < -0.39 is 5.97 Å². The van der Waals surface area contributed by atoms with Crippen LogP contribution in [0.5, 0.6) is 0 Å². The quantitative estimate of drug-likeness (QED) is 0.881. The summed E-state index contributed by atoms with van der Waals surface area (Å²) < 4.78 is 0.624. The maximum Gasteiger partial charge on any atom is 0.336 e. The molecule has 0 saturated heterocycles. The van der Waals surface area contributed by atoms with Gasteiger partial charge < -0.3 is 10.4 Å². The normalized spacial score (nSPS) is 23.0. The van der Waals surface area contributed by atoms with Crippen LogP contribution >= 0.6 is 27.7 Å². The molecular formula is C13H16BrNO2S. The molecule has 1 fully saturated rings. The van der Waals surface area contributed by atoms with Crippen molar-refractivity contribution in [1.29, 1.82) is 0 Å². The van der Waals surface area contributed by atoms with Gasteiger partial charge in [-0.1, -0.05) is 6.42 Å². The molecule has 18 heavy (non-hydrogen) atoms. The number of anilines is 1. The molecule has 98 valence electrons. The van der Waals surface area contributed by atoms with Gasteiger partial charge >= 0.3 is 5.97 Å². The largest absolute Gasteiger partial charge is 0.478 e. The van der Waals surface area contributed by atoms with Gasteiger partial charge in [0.1, 0.15) is 0 Å². The van der Waals surface area contributed by atoms with Gasteiger partial charge in [0, 0.05) is 21.5 Å². The molecule has 1 aromatic rings. The number of carboxylic acids is 1. The summed E-state index contributed by atoms with van der Waals surface area (Å²) in [4.78, 5) is 10.9. The fraction of sp³-hybridized carbons (Fsp3) is 0.462. The predicted molar refractivity (Wildman–Crippen MR) is 79.7 cm³/mol. The highest BCUT2D eigenvalue weighted by molar-refractivity contribution is 9.10. The number of benzene rings is 1. The molecule has 0 aliphatic heterocycles. The number of carboxylic acid groups (broad SMARTS) is 1. The first kappa shape index (κ1) is 13.7. The van der Waals surface area contributed by atoms with E-state index in [0.29, 0.717) is 21.3 Å². The molecule has 2 rings (SSSR count). The lowest BCUT2D eigenvalue weighted by Crippen LogP contribution is -2.25. The number of rotatable bonds is 4. The minimum absolute atomic E-state index is 0.299. The Hall–Kier alpha value is -0.680. The summed E-state index contributed by atoms with van der Waals surface area (Å²) in [6, 6.07) is 5.81. The number of hydrogen-bond donors (Lipinski definition) is 2. The fourth-order valence-corrected chi connectivity index (χ4v) is 3.85. The van der Waals surface area contributed by atoms with Crippen LogP contribution in [0.3, 0.4) is 0 Å². The van der Waals surface area contributed by atoms with E-state index in [-0.39, 0.29) is 0 Å². The zero-order chi connectivity index (χ0) is 13.1. The lowest BCUT2D eigenvalue weighted by Gasteiger charge is -2.20. The Bertz CT molecular complexity index is 453. The Morgan fingerprint density at radius 1 is 1.50 bits per heavy atom. The van der Waals surface area contributed by atoms with Crippen LogP contribution in [-0.4, -0.2) is 28.6 Å². The van der Waals surface area contributed by atoms with Crippen molar-refractivity contribution in [3.8, 4) is 0 Å². The van der Waals surface area contributed by atoms with E-state index >= 15 is 0 Å². The summed E-state index contributed by atoms with van der Waals surface area (Å²) in [6.45, 7) is 0. The summed E-state index contributed by atoms with van der Waals surface area (Å²) in [7, 11) is 0. The van der Waals surface area contributed by atoms with Crippen LogP contribution in [0.4, 0.5) is 5.69 Å². The van der Waals surface area contributed by atoms with Gasteiger partial charge in [0.15, 0.2) is 0 Å². The van der Waals surface area contributed by atoms with Crippen molar-refractivity contribution in [3.63, 3.8) is 0 Å². The van der Waals surface area contributed by atoms with Gasteiger partial charge in [-0.25, -0.2) is 4.79 Å². The van der Waals surface area contributed by atoms with E-state index in [9.17, 15) is 4.79 Å². The van der Waals surface area contributed by atoms with Gasteiger partial charge in [0.05, 0.1) is 5.56 Å². The molecule has 0 radical (unpaired) electrons. The number of nitrogens with one attached hydrogen (secondary N) is 1. The van der Waals surface area contributed by atoms with E-state index in [1.165, 1.54) is 19.3 Å². The smallest absolute Gasteiger partial charge is 0.336 e. The van der Waals surface area contributed by atoms with Gasteiger partial charge in [0.25, 0.3) is 0 Å². The Labute approximate surface area is 119 Å². The maximum atomic E-state index is 10.9. The van der Waals surface area contributed by atoms with Crippen LogP contribution in [0.1, 0.15) is 29.6 Å².